The third kappa shape index (κ3) is 2.74. The lowest BCUT2D eigenvalue weighted by Crippen LogP contribution is -2.46. The number of carboxylic acids is 1. The second-order valence-electron chi connectivity index (χ2n) is 5.48. The van der Waals surface area contributed by atoms with Crippen molar-refractivity contribution in [3.8, 4) is 0 Å². The number of aliphatic carboxylic acids is 1. The minimum atomic E-state index is -0.865. The van der Waals surface area contributed by atoms with Crippen molar-refractivity contribution in [1.29, 1.82) is 0 Å². The molecule has 0 spiro atoms. The molecule has 0 radical (unpaired) electrons. The molecule has 1 fully saturated rings. The zero-order chi connectivity index (χ0) is 13.1. The molecule has 0 saturated heterocycles. The van der Waals surface area contributed by atoms with Crippen LogP contribution in [0.1, 0.15) is 39.0 Å². The Labute approximate surface area is 107 Å². The molecule has 0 aromatic carbocycles. The summed E-state index contributed by atoms with van der Waals surface area (Å²) in [4.78, 5) is 23.3. The maximum atomic E-state index is 12.2. The van der Waals surface area contributed by atoms with Crippen LogP contribution in [0.4, 0.5) is 0 Å². The number of allylic oxidation sites excluding steroid dienone is 2. The molecule has 0 aromatic heterocycles. The Kier molecular flexibility index (Phi) is 4.04. The zero-order valence-electron chi connectivity index (χ0n) is 10.8. The van der Waals surface area contributed by atoms with Gasteiger partial charge in [0.15, 0.2) is 0 Å². The molecule has 2 aliphatic carbocycles. The Morgan fingerprint density at radius 3 is 2.33 bits per heavy atom. The molecule has 2 aliphatic rings. The van der Waals surface area contributed by atoms with Crippen molar-refractivity contribution in [2.75, 3.05) is 0 Å². The number of nitrogens with one attached hydrogen (secondary N) is 1. The van der Waals surface area contributed by atoms with Gasteiger partial charge in [-0.1, -0.05) is 18.6 Å². The van der Waals surface area contributed by atoms with Crippen LogP contribution in [-0.2, 0) is 9.59 Å². The van der Waals surface area contributed by atoms with Gasteiger partial charge in [-0.3, -0.25) is 9.59 Å². The summed E-state index contributed by atoms with van der Waals surface area (Å²) in [7, 11) is 0. The van der Waals surface area contributed by atoms with Gasteiger partial charge in [-0.05, 0) is 38.5 Å². The lowest BCUT2D eigenvalue weighted by Gasteiger charge is -2.33. The summed E-state index contributed by atoms with van der Waals surface area (Å²) in [5.74, 6) is -1.35. The molecule has 3 atom stereocenters. The van der Waals surface area contributed by atoms with E-state index in [-0.39, 0.29) is 11.9 Å². The van der Waals surface area contributed by atoms with Gasteiger partial charge < -0.3 is 10.4 Å². The van der Waals surface area contributed by atoms with Crippen LogP contribution < -0.4 is 5.32 Å². The van der Waals surface area contributed by atoms with Crippen molar-refractivity contribution < 1.29 is 14.7 Å². The van der Waals surface area contributed by atoms with Gasteiger partial charge in [-0.2, -0.15) is 0 Å². The van der Waals surface area contributed by atoms with Crippen LogP contribution in [0.15, 0.2) is 12.2 Å². The highest BCUT2D eigenvalue weighted by molar-refractivity contribution is 5.85. The molecule has 0 heterocycles. The van der Waals surface area contributed by atoms with E-state index in [9.17, 15) is 9.59 Å². The highest BCUT2D eigenvalue weighted by Crippen LogP contribution is 2.31. The van der Waals surface area contributed by atoms with Crippen molar-refractivity contribution in [1.82, 2.24) is 5.32 Å². The van der Waals surface area contributed by atoms with Crippen LogP contribution in [0.2, 0.25) is 0 Å². The van der Waals surface area contributed by atoms with Gasteiger partial charge in [-0.25, -0.2) is 0 Å². The van der Waals surface area contributed by atoms with Gasteiger partial charge in [0.2, 0.25) is 5.91 Å². The summed E-state index contributed by atoms with van der Waals surface area (Å²) in [5, 5.41) is 12.1. The van der Waals surface area contributed by atoms with Gasteiger partial charge in [0, 0.05) is 6.04 Å². The number of carbonyl (C=O) groups excluding carboxylic acids is 1. The van der Waals surface area contributed by atoms with Crippen molar-refractivity contribution in [2.24, 2.45) is 17.8 Å². The Hall–Kier alpha value is -1.32. The molecule has 1 unspecified atom stereocenters. The van der Waals surface area contributed by atoms with E-state index < -0.39 is 17.8 Å². The largest absolute Gasteiger partial charge is 0.481 e. The summed E-state index contributed by atoms with van der Waals surface area (Å²) in [6.45, 7) is 2.02. The fourth-order valence-electron chi connectivity index (χ4n) is 2.77. The monoisotopic (exact) mass is 251 g/mol. The first kappa shape index (κ1) is 13.1. The lowest BCUT2D eigenvalue weighted by molar-refractivity contribution is -0.147. The number of hydrogen-bond donors (Lipinski definition) is 2. The van der Waals surface area contributed by atoms with Crippen LogP contribution in [0.5, 0.6) is 0 Å². The quantitative estimate of drug-likeness (QED) is 0.751. The van der Waals surface area contributed by atoms with Crippen LogP contribution >= 0.6 is 0 Å². The van der Waals surface area contributed by atoms with Crippen LogP contribution in [0.3, 0.4) is 0 Å². The van der Waals surface area contributed by atoms with E-state index in [1.54, 1.807) is 0 Å². The smallest absolute Gasteiger partial charge is 0.307 e. The van der Waals surface area contributed by atoms with E-state index in [1.165, 1.54) is 19.3 Å². The molecule has 2 N–H and O–H groups in total. The molecule has 0 aromatic rings. The van der Waals surface area contributed by atoms with Crippen molar-refractivity contribution >= 4 is 11.9 Å². The van der Waals surface area contributed by atoms with E-state index in [4.69, 9.17) is 5.11 Å². The first-order valence-electron chi connectivity index (χ1n) is 6.77. The number of carbonyl (C=O) groups is 2. The summed E-state index contributed by atoms with van der Waals surface area (Å²) in [6.07, 6.45) is 8.37. The highest BCUT2D eigenvalue weighted by atomic mass is 16.4. The predicted molar refractivity (Wildman–Crippen MR) is 67.9 cm³/mol. The van der Waals surface area contributed by atoms with Crippen molar-refractivity contribution in [3.63, 3.8) is 0 Å². The maximum Gasteiger partial charge on any atom is 0.307 e. The molecular weight excluding hydrogens is 230 g/mol. The summed E-state index contributed by atoms with van der Waals surface area (Å²) in [6, 6.07) is 0.173. The SMILES string of the molecule is CC(NC(=O)[C@@H]1CC=CC[C@@H]1C(=O)O)C1CCC1. The average molecular weight is 251 g/mol. The molecule has 0 bridgehead atoms. The minimum absolute atomic E-state index is 0.0915. The van der Waals surface area contributed by atoms with E-state index in [0.717, 1.165) is 0 Å². The number of carboxylic acid groups (broad SMARTS) is 1. The summed E-state index contributed by atoms with van der Waals surface area (Å²) >= 11 is 0. The number of hydrogen-bond acceptors (Lipinski definition) is 2. The minimum Gasteiger partial charge on any atom is -0.481 e. The summed E-state index contributed by atoms with van der Waals surface area (Å²) in [5.41, 5.74) is 0. The first-order valence-corrected chi connectivity index (χ1v) is 6.77. The zero-order valence-corrected chi connectivity index (χ0v) is 10.8. The average Bonchev–Trinajstić information content (AvgIpc) is 2.26. The van der Waals surface area contributed by atoms with Gasteiger partial charge in [0.1, 0.15) is 0 Å². The molecule has 100 valence electrons. The Bertz CT molecular complexity index is 360. The van der Waals surface area contributed by atoms with Crippen molar-refractivity contribution in [3.05, 3.63) is 12.2 Å². The van der Waals surface area contributed by atoms with E-state index in [0.29, 0.717) is 18.8 Å². The second kappa shape index (κ2) is 5.55. The first-order chi connectivity index (χ1) is 8.59. The molecular formula is C14H21NO3. The van der Waals surface area contributed by atoms with E-state index >= 15 is 0 Å². The number of rotatable bonds is 4. The Morgan fingerprint density at radius 2 is 1.83 bits per heavy atom. The van der Waals surface area contributed by atoms with E-state index in [1.807, 2.05) is 19.1 Å². The summed E-state index contributed by atoms with van der Waals surface area (Å²) < 4.78 is 0. The van der Waals surface area contributed by atoms with Gasteiger partial charge in [0.05, 0.1) is 11.8 Å². The highest BCUT2D eigenvalue weighted by Gasteiger charge is 2.35. The second-order valence-corrected chi connectivity index (χ2v) is 5.48. The topological polar surface area (TPSA) is 66.4 Å². The normalized spacial score (nSPS) is 29.4. The molecule has 0 aliphatic heterocycles. The number of amides is 1. The maximum absolute atomic E-state index is 12.2. The lowest BCUT2D eigenvalue weighted by atomic mass is 9.79. The van der Waals surface area contributed by atoms with Crippen LogP contribution in [-0.4, -0.2) is 23.0 Å². The Morgan fingerprint density at radius 1 is 1.22 bits per heavy atom. The molecule has 2 rings (SSSR count). The standard InChI is InChI=1S/C14H21NO3/c1-9(10-5-4-6-10)15-13(16)11-7-2-3-8-12(11)14(17)18/h2-3,9-12H,4-8H2,1H3,(H,15,16)(H,17,18)/t9?,11-,12+/m1/s1. The third-order valence-corrected chi connectivity index (χ3v) is 4.31. The van der Waals surface area contributed by atoms with Gasteiger partial charge in [0.25, 0.3) is 0 Å². The van der Waals surface area contributed by atoms with Crippen molar-refractivity contribution in [2.45, 2.75) is 45.1 Å². The third-order valence-electron chi connectivity index (χ3n) is 4.31. The fraction of sp³-hybridized carbons (Fsp3) is 0.714. The molecule has 4 heteroatoms. The van der Waals surface area contributed by atoms with Crippen LogP contribution in [0, 0.1) is 17.8 Å². The molecule has 1 saturated carbocycles. The van der Waals surface area contributed by atoms with Gasteiger partial charge >= 0.3 is 5.97 Å². The van der Waals surface area contributed by atoms with E-state index in [2.05, 4.69) is 5.32 Å². The predicted octanol–water partition coefficient (Wildman–Crippen LogP) is 1.96. The molecule has 18 heavy (non-hydrogen) atoms. The Balaban J connectivity index is 1.93. The van der Waals surface area contributed by atoms with Gasteiger partial charge in [-0.15, -0.1) is 0 Å². The van der Waals surface area contributed by atoms with Crippen LogP contribution in [0.25, 0.3) is 0 Å². The fourth-order valence-corrected chi connectivity index (χ4v) is 2.77. The molecule has 1 amide bonds. The molecule has 4 nitrogen and oxygen atoms in total.